The number of nitro benzene ring substituents is 1. The van der Waals surface area contributed by atoms with Crippen LogP contribution in [0.1, 0.15) is 32.6 Å². The highest BCUT2D eigenvalue weighted by atomic mass is 32.1. The first-order chi connectivity index (χ1) is 9.13. The van der Waals surface area contributed by atoms with Gasteiger partial charge in [-0.3, -0.25) is 19.5 Å². The minimum Gasteiger partial charge on any atom is -0.299 e. The zero-order chi connectivity index (χ0) is 13.8. The molecule has 0 N–H and O–H groups in total. The summed E-state index contributed by atoms with van der Waals surface area (Å²) < 4.78 is 2.41. The van der Waals surface area contributed by atoms with Crippen molar-refractivity contribution in [3.8, 4) is 0 Å². The maximum atomic E-state index is 11.9. The lowest BCUT2D eigenvalue weighted by molar-refractivity contribution is -0.384. The predicted molar refractivity (Wildman–Crippen MR) is 76.9 cm³/mol. The van der Waals surface area contributed by atoms with Crippen molar-refractivity contribution < 1.29 is 4.92 Å². The predicted octanol–water partition coefficient (Wildman–Crippen LogP) is 3.55. The van der Waals surface area contributed by atoms with Gasteiger partial charge in [0.15, 0.2) is 0 Å². The summed E-state index contributed by atoms with van der Waals surface area (Å²) in [6, 6.07) is 4.60. The number of fused-ring (bicyclic) bond motifs is 1. The SMILES string of the molecule is CCCCCCn1c(=O)sc2cc([N+](=O)[O-])ccc21. The molecule has 0 unspecified atom stereocenters. The van der Waals surface area contributed by atoms with Gasteiger partial charge in [-0.25, -0.2) is 0 Å². The fourth-order valence-corrected chi connectivity index (χ4v) is 3.03. The van der Waals surface area contributed by atoms with E-state index in [1.54, 1.807) is 10.6 Å². The van der Waals surface area contributed by atoms with Gasteiger partial charge in [0.25, 0.3) is 5.69 Å². The molecule has 0 fully saturated rings. The van der Waals surface area contributed by atoms with E-state index in [1.807, 2.05) is 0 Å². The number of unbranched alkanes of at least 4 members (excludes halogenated alkanes) is 3. The first kappa shape index (κ1) is 13.7. The Morgan fingerprint density at radius 1 is 1.32 bits per heavy atom. The molecule has 0 aliphatic rings. The zero-order valence-electron chi connectivity index (χ0n) is 10.8. The molecule has 6 heteroatoms. The highest BCUT2D eigenvalue weighted by Crippen LogP contribution is 2.23. The Morgan fingerprint density at radius 2 is 2.11 bits per heavy atom. The van der Waals surface area contributed by atoms with Gasteiger partial charge in [0.05, 0.1) is 15.1 Å². The summed E-state index contributed by atoms with van der Waals surface area (Å²) in [6.45, 7) is 2.84. The van der Waals surface area contributed by atoms with Crippen molar-refractivity contribution in [2.45, 2.75) is 39.2 Å². The summed E-state index contributed by atoms with van der Waals surface area (Å²) in [5, 5.41) is 10.7. The topological polar surface area (TPSA) is 65.1 Å². The molecule has 1 heterocycles. The summed E-state index contributed by atoms with van der Waals surface area (Å²) in [6.07, 6.45) is 4.40. The lowest BCUT2D eigenvalue weighted by atomic mass is 10.2. The van der Waals surface area contributed by atoms with E-state index < -0.39 is 4.92 Å². The van der Waals surface area contributed by atoms with Crippen LogP contribution in [0.25, 0.3) is 10.2 Å². The molecule has 0 saturated carbocycles. The van der Waals surface area contributed by atoms with Crippen LogP contribution in [0.2, 0.25) is 0 Å². The van der Waals surface area contributed by atoms with Crippen LogP contribution in [0.3, 0.4) is 0 Å². The van der Waals surface area contributed by atoms with Crippen LogP contribution < -0.4 is 4.87 Å². The third-order valence-electron chi connectivity index (χ3n) is 3.10. The van der Waals surface area contributed by atoms with Gasteiger partial charge in [-0.1, -0.05) is 37.5 Å². The van der Waals surface area contributed by atoms with Crippen molar-refractivity contribution in [1.82, 2.24) is 4.57 Å². The first-order valence-corrected chi connectivity index (χ1v) is 7.23. The van der Waals surface area contributed by atoms with Crippen LogP contribution in [0.4, 0.5) is 5.69 Å². The lowest BCUT2D eigenvalue weighted by Crippen LogP contribution is -2.12. The molecular formula is C13H16N2O3S. The number of thiazole rings is 1. The Bertz CT molecular complexity index is 645. The van der Waals surface area contributed by atoms with Gasteiger partial charge >= 0.3 is 4.87 Å². The number of non-ortho nitro benzene ring substituents is 1. The maximum absolute atomic E-state index is 11.9. The van der Waals surface area contributed by atoms with E-state index in [2.05, 4.69) is 6.92 Å². The number of aromatic nitrogens is 1. The molecule has 19 heavy (non-hydrogen) atoms. The number of hydrogen-bond acceptors (Lipinski definition) is 4. The van der Waals surface area contributed by atoms with Gasteiger partial charge in [0, 0.05) is 18.7 Å². The van der Waals surface area contributed by atoms with Crippen molar-refractivity contribution in [3.05, 3.63) is 38.0 Å². The van der Waals surface area contributed by atoms with Gasteiger partial charge in [-0.15, -0.1) is 0 Å². The molecule has 2 rings (SSSR count). The van der Waals surface area contributed by atoms with E-state index in [-0.39, 0.29) is 10.6 Å². The number of rotatable bonds is 6. The Balaban J connectivity index is 2.27. The van der Waals surface area contributed by atoms with E-state index in [9.17, 15) is 14.9 Å². The van der Waals surface area contributed by atoms with Crippen molar-refractivity contribution in [3.63, 3.8) is 0 Å². The molecule has 1 aromatic carbocycles. The average molecular weight is 280 g/mol. The fourth-order valence-electron chi connectivity index (χ4n) is 2.08. The maximum Gasteiger partial charge on any atom is 0.308 e. The minimum atomic E-state index is -0.435. The molecule has 0 bridgehead atoms. The number of nitrogens with zero attached hydrogens (tertiary/aromatic N) is 2. The summed E-state index contributed by atoms with van der Waals surface area (Å²) in [4.78, 5) is 22.1. The summed E-state index contributed by atoms with van der Waals surface area (Å²) >= 11 is 1.08. The van der Waals surface area contributed by atoms with Crippen LogP contribution in [0, 0.1) is 10.1 Å². The standard InChI is InChI=1S/C13H16N2O3S/c1-2-3-4-5-8-14-11-7-6-10(15(17)18)9-12(11)19-13(14)16/h6-7,9H,2-5,8H2,1H3. The number of aryl methyl sites for hydroxylation is 1. The first-order valence-electron chi connectivity index (χ1n) is 6.41. The Morgan fingerprint density at radius 3 is 2.79 bits per heavy atom. The van der Waals surface area contributed by atoms with E-state index in [0.717, 1.165) is 36.1 Å². The molecule has 5 nitrogen and oxygen atoms in total. The van der Waals surface area contributed by atoms with Crippen molar-refractivity contribution in [1.29, 1.82) is 0 Å². The summed E-state index contributed by atoms with van der Waals surface area (Å²) in [5.74, 6) is 0. The second kappa shape index (κ2) is 5.97. The van der Waals surface area contributed by atoms with E-state index in [0.29, 0.717) is 11.2 Å². The second-order valence-corrected chi connectivity index (χ2v) is 5.48. The van der Waals surface area contributed by atoms with Crippen molar-refractivity contribution in [2.75, 3.05) is 0 Å². The summed E-state index contributed by atoms with van der Waals surface area (Å²) in [7, 11) is 0. The zero-order valence-corrected chi connectivity index (χ0v) is 11.6. The Labute approximate surface area is 114 Å². The van der Waals surface area contributed by atoms with Gasteiger partial charge in [-0.05, 0) is 12.5 Å². The molecule has 0 radical (unpaired) electrons. The fraction of sp³-hybridized carbons (Fsp3) is 0.462. The van der Waals surface area contributed by atoms with Gasteiger partial charge < -0.3 is 0 Å². The van der Waals surface area contributed by atoms with E-state index >= 15 is 0 Å². The van der Waals surface area contributed by atoms with Crippen LogP contribution in [-0.2, 0) is 6.54 Å². The molecule has 0 aliphatic heterocycles. The van der Waals surface area contributed by atoms with Crippen LogP contribution in [0.5, 0.6) is 0 Å². The molecule has 0 spiro atoms. The van der Waals surface area contributed by atoms with Crippen LogP contribution in [-0.4, -0.2) is 9.49 Å². The van der Waals surface area contributed by atoms with Crippen LogP contribution in [0.15, 0.2) is 23.0 Å². The highest BCUT2D eigenvalue weighted by Gasteiger charge is 2.12. The largest absolute Gasteiger partial charge is 0.308 e. The number of hydrogen-bond donors (Lipinski definition) is 0. The number of benzene rings is 1. The van der Waals surface area contributed by atoms with Crippen LogP contribution >= 0.6 is 11.3 Å². The molecule has 102 valence electrons. The van der Waals surface area contributed by atoms with E-state index in [1.165, 1.54) is 18.6 Å². The number of nitro groups is 1. The monoisotopic (exact) mass is 280 g/mol. The normalized spacial score (nSPS) is 11.0. The molecular weight excluding hydrogens is 264 g/mol. The second-order valence-electron chi connectivity index (χ2n) is 4.49. The highest BCUT2D eigenvalue weighted by molar-refractivity contribution is 7.16. The van der Waals surface area contributed by atoms with Gasteiger partial charge in [0.1, 0.15) is 0 Å². The lowest BCUT2D eigenvalue weighted by Gasteiger charge is -2.03. The minimum absolute atomic E-state index is 0.0342. The third-order valence-corrected chi connectivity index (χ3v) is 4.04. The van der Waals surface area contributed by atoms with E-state index in [4.69, 9.17) is 0 Å². The molecule has 1 aromatic heterocycles. The summed E-state index contributed by atoms with van der Waals surface area (Å²) in [5.41, 5.74) is 0.837. The molecule has 0 atom stereocenters. The van der Waals surface area contributed by atoms with Crippen molar-refractivity contribution >= 4 is 27.2 Å². The quantitative estimate of drug-likeness (QED) is 0.461. The Kier molecular flexibility index (Phi) is 4.31. The van der Waals surface area contributed by atoms with Crippen molar-refractivity contribution in [2.24, 2.45) is 0 Å². The van der Waals surface area contributed by atoms with Gasteiger partial charge in [0.2, 0.25) is 0 Å². The Hall–Kier alpha value is -1.69. The molecule has 0 saturated heterocycles. The molecule has 2 aromatic rings. The molecule has 0 aliphatic carbocycles. The smallest absolute Gasteiger partial charge is 0.299 e. The average Bonchev–Trinajstić information content (AvgIpc) is 2.69. The molecule has 0 amide bonds. The third kappa shape index (κ3) is 3.01. The van der Waals surface area contributed by atoms with Gasteiger partial charge in [-0.2, -0.15) is 0 Å².